The number of rotatable bonds is 12. The van der Waals surface area contributed by atoms with Gasteiger partial charge in [-0.1, -0.05) is 12.1 Å². The van der Waals surface area contributed by atoms with E-state index in [1.165, 1.54) is 15.9 Å². The summed E-state index contributed by atoms with van der Waals surface area (Å²) in [5.74, 6) is -1.67. The average molecular weight is 652 g/mol. The van der Waals surface area contributed by atoms with Gasteiger partial charge in [0.1, 0.15) is 17.5 Å². The summed E-state index contributed by atoms with van der Waals surface area (Å²) < 4.78 is 11.0. The van der Waals surface area contributed by atoms with Crippen molar-refractivity contribution in [2.24, 2.45) is 0 Å². The van der Waals surface area contributed by atoms with Gasteiger partial charge in [0.15, 0.2) is 12.4 Å². The number of amides is 4. The maximum atomic E-state index is 13.5. The van der Waals surface area contributed by atoms with Crippen molar-refractivity contribution in [1.82, 2.24) is 45.6 Å². The number of ether oxygens (including phenoxy) is 2. The number of aromatic nitrogens is 5. The van der Waals surface area contributed by atoms with Crippen molar-refractivity contribution in [3.8, 4) is 5.75 Å². The van der Waals surface area contributed by atoms with Gasteiger partial charge in [-0.05, 0) is 48.7 Å². The number of nitrogens with zero attached hydrogens (tertiary/aromatic N) is 7. The molecule has 0 radical (unpaired) electrons. The molecule has 2 atom stereocenters. The summed E-state index contributed by atoms with van der Waals surface area (Å²) in [5.41, 5.74) is 0.367. The Morgan fingerprint density at radius 2 is 1.85 bits per heavy atom. The van der Waals surface area contributed by atoms with E-state index in [9.17, 15) is 29.1 Å². The van der Waals surface area contributed by atoms with Gasteiger partial charge in [-0.15, -0.1) is 5.10 Å². The number of carboxylic acid groups (broad SMARTS) is 1. The smallest absolute Gasteiger partial charge is 0.409 e. The van der Waals surface area contributed by atoms with E-state index in [0.717, 1.165) is 12.8 Å². The summed E-state index contributed by atoms with van der Waals surface area (Å²) in [6.45, 7) is 3.11. The number of fused-ring (bicyclic) bond motifs is 1. The van der Waals surface area contributed by atoms with Gasteiger partial charge in [-0.2, -0.15) is 0 Å². The van der Waals surface area contributed by atoms with Crippen LogP contribution in [-0.2, 0) is 25.5 Å². The summed E-state index contributed by atoms with van der Waals surface area (Å²) >= 11 is 0. The minimum atomic E-state index is -1.15. The monoisotopic (exact) mass is 651 g/mol. The number of para-hydroxylation sites is 1. The number of benzene rings is 1. The molecule has 0 unspecified atom stereocenters. The molecule has 2 fully saturated rings. The van der Waals surface area contributed by atoms with Crippen LogP contribution in [0, 0.1) is 0 Å². The number of carbonyl (C=O) groups excluding carboxylic acids is 4. The van der Waals surface area contributed by atoms with E-state index >= 15 is 0 Å². The SMILES string of the molecule is CCOC(=O)N1CCN(C(=O)[C@H](CCC(=O)O)NC(=O)c2cc(OCC(=O)N3CCC[C@H]3Cc3nnn[nH]3)c3ccccc3n2)CC1. The molecule has 0 aliphatic carbocycles. The maximum Gasteiger partial charge on any atom is 0.409 e. The van der Waals surface area contributed by atoms with Gasteiger partial charge in [-0.25, -0.2) is 14.9 Å². The summed E-state index contributed by atoms with van der Waals surface area (Å²) in [5, 5.41) is 26.4. The molecule has 2 saturated heterocycles. The fraction of sp³-hybridized carbons (Fsp3) is 0.500. The first kappa shape index (κ1) is 33.0. The number of aliphatic carboxylic acids is 1. The number of carbonyl (C=O) groups is 5. The van der Waals surface area contributed by atoms with Gasteiger partial charge < -0.3 is 34.6 Å². The minimum Gasteiger partial charge on any atom is -0.483 e. The fourth-order valence-electron chi connectivity index (χ4n) is 5.77. The molecule has 17 nitrogen and oxygen atoms in total. The molecule has 2 aliphatic rings. The van der Waals surface area contributed by atoms with Gasteiger partial charge in [0.05, 0.1) is 12.1 Å². The number of piperazine rings is 1. The second kappa shape index (κ2) is 15.3. The molecule has 2 aliphatic heterocycles. The fourth-order valence-corrected chi connectivity index (χ4v) is 5.77. The van der Waals surface area contributed by atoms with Crippen LogP contribution in [0.1, 0.15) is 48.9 Å². The second-order valence-corrected chi connectivity index (χ2v) is 11.2. The van der Waals surface area contributed by atoms with Gasteiger partial charge in [0.25, 0.3) is 11.8 Å². The Morgan fingerprint density at radius 3 is 2.57 bits per heavy atom. The quantitative estimate of drug-likeness (QED) is 0.246. The Kier molecular flexibility index (Phi) is 10.7. The van der Waals surface area contributed by atoms with Crippen LogP contribution >= 0.6 is 0 Å². The Morgan fingerprint density at radius 1 is 1.09 bits per heavy atom. The Bertz CT molecular complexity index is 1590. The van der Waals surface area contributed by atoms with Crippen LogP contribution in [0.4, 0.5) is 4.79 Å². The Labute approximate surface area is 269 Å². The normalized spacial score (nSPS) is 17.0. The molecule has 0 spiro atoms. The zero-order chi connectivity index (χ0) is 33.3. The number of aromatic amines is 1. The lowest BCUT2D eigenvalue weighted by Crippen LogP contribution is -2.56. The molecule has 5 rings (SSSR count). The molecule has 0 saturated carbocycles. The highest BCUT2D eigenvalue weighted by molar-refractivity contribution is 5.99. The predicted octanol–water partition coefficient (Wildman–Crippen LogP) is 0.624. The first-order chi connectivity index (χ1) is 22.7. The number of likely N-dealkylation sites (tertiary alicyclic amines) is 1. The predicted molar refractivity (Wildman–Crippen MR) is 163 cm³/mol. The number of nitrogens with one attached hydrogen (secondary N) is 2. The lowest BCUT2D eigenvalue weighted by atomic mass is 10.1. The van der Waals surface area contributed by atoms with E-state index in [1.54, 1.807) is 36.1 Å². The molecule has 0 bridgehead atoms. The van der Waals surface area contributed by atoms with E-state index in [-0.39, 0.29) is 75.6 Å². The van der Waals surface area contributed by atoms with Crippen LogP contribution < -0.4 is 10.1 Å². The number of hydrogen-bond acceptors (Lipinski definition) is 11. The van der Waals surface area contributed by atoms with Crippen LogP contribution in [0.25, 0.3) is 10.9 Å². The highest BCUT2D eigenvalue weighted by Crippen LogP contribution is 2.27. The molecular formula is C30H37N9O8. The number of pyridine rings is 1. The summed E-state index contributed by atoms with van der Waals surface area (Å²) in [4.78, 5) is 72.8. The topological polar surface area (TPSA) is 213 Å². The van der Waals surface area contributed by atoms with E-state index in [0.29, 0.717) is 29.7 Å². The summed E-state index contributed by atoms with van der Waals surface area (Å²) in [6, 6.07) is 7.15. The molecule has 17 heteroatoms. The van der Waals surface area contributed by atoms with E-state index in [4.69, 9.17) is 9.47 Å². The van der Waals surface area contributed by atoms with Crippen LogP contribution in [-0.4, -0.2) is 133 Å². The third kappa shape index (κ3) is 8.28. The van der Waals surface area contributed by atoms with Crippen LogP contribution in [0.15, 0.2) is 30.3 Å². The third-order valence-electron chi connectivity index (χ3n) is 8.15. The lowest BCUT2D eigenvalue weighted by molar-refractivity contribution is -0.138. The molecule has 4 amide bonds. The van der Waals surface area contributed by atoms with Crippen molar-refractivity contribution < 1.29 is 38.6 Å². The minimum absolute atomic E-state index is 0.0664. The zero-order valence-electron chi connectivity index (χ0n) is 26.0. The zero-order valence-corrected chi connectivity index (χ0v) is 26.0. The standard InChI is InChI=1S/C30H37N9O8/c1-2-46-30(45)38-14-12-37(13-15-38)29(44)22(9-10-27(41)42)32-28(43)23-17-24(20-7-3-4-8-21(20)31-23)47-18-26(40)39-11-5-6-19(39)16-25-33-35-36-34-25/h3-4,7-8,17,19,22H,2,5-6,9-16,18H2,1H3,(H,32,43)(H,41,42)(H,33,34,35,36)/t19-,22-/m0/s1. The van der Waals surface area contributed by atoms with Crippen LogP contribution in [0.3, 0.4) is 0 Å². The van der Waals surface area contributed by atoms with Crippen molar-refractivity contribution in [2.45, 2.75) is 51.1 Å². The van der Waals surface area contributed by atoms with Crippen molar-refractivity contribution in [3.63, 3.8) is 0 Å². The number of H-pyrrole nitrogens is 1. The Balaban J connectivity index is 1.28. The molecule has 3 N–H and O–H groups in total. The van der Waals surface area contributed by atoms with Gasteiger partial charge in [0, 0.05) is 63.1 Å². The molecule has 47 heavy (non-hydrogen) atoms. The van der Waals surface area contributed by atoms with Crippen LogP contribution in [0.5, 0.6) is 5.75 Å². The largest absolute Gasteiger partial charge is 0.483 e. The van der Waals surface area contributed by atoms with E-state index in [2.05, 4.69) is 30.9 Å². The van der Waals surface area contributed by atoms with Crippen molar-refractivity contribution >= 4 is 40.7 Å². The first-order valence-corrected chi connectivity index (χ1v) is 15.5. The van der Waals surface area contributed by atoms with Crippen molar-refractivity contribution in [1.29, 1.82) is 0 Å². The molecule has 1 aromatic carbocycles. The van der Waals surface area contributed by atoms with Gasteiger partial charge >= 0.3 is 12.1 Å². The number of hydrogen-bond donors (Lipinski definition) is 3. The molecule has 4 heterocycles. The second-order valence-electron chi connectivity index (χ2n) is 11.2. The van der Waals surface area contributed by atoms with Crippen molar-refractivity contribution in [2.75, 3.05) is 45.9 Å². The maximum absolute atomic E-state index is 13.5. The van der Waals surface area contributed by atoms with Crippen LogP contribution in [0.2, 0.25) is 0 Å². The highest BCUT2D eigenvalue weighted by Gasteiger charge is 2.32. The lowest BCUT2D eigenvalue weighted by Gasteiger charge is -2.35. The molecule has 2 aromatic heterocycles. The Hall–Kier alpha value is -5.35. The van der Waals surface area contributed by atoms with E-state index in [1.807, 2.05) is 0 Å². The van der Waals surface area contributed by atoms with Crippen molar-refractivity contribution in [3.05, 3.63) is 41.9 Å². The van der Waals surface area contributed by atoms with Gasteiger partial charge in [0.2, 0.25) is 5.91 Å². The summed E-state index contributed by atoms with van der Waals surface area (Å²) in [7, 11) is 0. The number of tetrazole rings is 1. The van der Waals surface area contributed by atoms with E-state index < -0.39 is 29.9 Å². The van der Waals surface area contributed by atoms with Gasteiger partial charge in [-0.3, -0.25) is 19.2 Å². The molecule has 250 valence electrons. The average Bonchev–Trinajstić information content (AvgIpc) is 3.77. The molecule has 3 aromatic rings. The third-order valence-corrected chi connectivity index (χ3v) is 8.15. The number of carboxylic acids is 1. The molecular weight excluding hydrogens is 614 g/mol. The first-order valence-electron chi connectivity index (χ1n) is 15.5. The highest BCUT2D eigenvalue weighted by atomic mass is 16.6. The summed E-state index contributed by atoms with van der Waals surface area (Å²) in [6.07, 6.45) is 1.16.